The predicted molar refractivity (Wildman–Crippen MR) is 70.4 cm³/mol. The van der Waals surface area contributed by atoms with Gasteiger partial charge in [0.2, 0.25) is 0 Å². The van der Waals surface area contributed by atoms with Gasteiger partial charge in [-0.1, -0.05) is 31.2 Å². The number of ether oxygens (including phenoxy) is 1. The molecule has 1 atom stereocenters. The Kier molecular flexibility index (Phi) is 6.06. The largest absolute Gasteiger partial charge is 0.466 e. The zero-order chi connectivity index (χ0) is 12.7. The lowest BCUT2D eigenvalue weighted by atomic mass is 10.0. The zero-order valence-corrected chi connectivity index (χ0v) is 11.2. The SMILES string of the molecule is CCOC(=O)CC(Cl)Cc1ccc(CC)cc1. The van der Waals surface area contributed by atoms with Crippen LogP contribution in [0.2, 0.25) is 0 Å². The maximum Gasteiger partial charge on any atom is 0.307 e. The Labute approximate surface area is 108 Å². The number of benzene rings is 1. The highest BCUT2D eigenvalue weighted by molar-refractivity contribution is 6.21. The molecule has 1 unspecified atom stereocenters. The summed E-state index contributed by atoms with van der Waals surface area (Å²) in [6, 6.07) is 8.34. The van der Waals surface area contributed by atoms with E-state index in [1.54, 1.807) is 6.92 Å². The Morgan fingerprint density at radius 2 is 1.82 bits per heavy atom. The quantitative estimate of drug-likeness (QED) is 0.575. The second kappa shape index (κ2) is 7.33. The number of aryl methyl sites for hydroxylation is 1. The van der Waals surface area contributed by atoms with Crippen molar-refractivity contribution in [3.63, 3.8) is 0 Å². The van der Waals surface area contributed by atoms with Crippen LogP contribution in [0.25, 0.3) is 0 Å². The maximum atomic E-state index is 11.2. The van der Waals surface area contributed by atoms with E-state index in [-0.39, 0.29) is 17.8 Å². The average molecular weight is 255 g/mol. The van der Waals surface area contributed by atoms with Crippen LogP contribution in [0.3, 0.4) is 0 Å². The highest BCUT2D eigenvalue weighted by atomic mass is 35.5. The highest BCUT2D eigenvalue weighted by Crippen LogP contribution is 2.13. The monoisotopic (exact) mass is 254 g/mol. The molecule has 0 aliphatic rings. The summed E-state index contributed by atoms with van der Waals surface area (Å²) >= 11 is 6.12. The minimum absolute atomic E-state index is 0.193. The van der Waals surface area contributed by atoms with Crippen LogP contribution in [0.4, 0.5) is 0 Å². The summed E-state index contributed by atoms with van der Waals surface area (Å²) < 4.78 is 4.86. The number of halogens is 1. The standard InChI is InChI=1S/C14H19ClO2/c1-3-11-5-7-12(8-6-11)9-13(15)10-14(16)17-4-2/h5-8,13H,3-4,9-10H2,1-2H3. The molecule has 3 heteroatoms. The Hall–Kier alpha value is -1.02. The summed E-state index contributed by atoms with van der Waals surface area (Å²) in [7, 11) is 0. The van der Waals surface area contributed by atoms with E-state index in [4.69, 9.17) is 16.3 Å². The number of hydrogen-bond donors (Lipinski definition) is 0. The first-order valence-corrected chi connectivity index (χ1v) is 6.46. The number of carbonyl (C=O) groups is 1. The van der Waals surface area contributed by atoms with Crippen LogP contribution >= 0.6 is 11.6 Å². The van der Waals surface area contributed by atoms with Crippen molar-refractivity contribution in [2.75, 3.05) is 6.61 Å². The van der Waals surface area contributed by atoms with Crippen molar-refractivity contribution in [1.82, 2.24) is 0 Å². The van der Waals surface area contributed by atoms with Crippen molar-refractivity contribution in [2.45, 2.75) is 38.5 Å². The van der Waals surface area contributed by atoms with Gasteiger partial charge >= 0.3 is 5.97 Å². The smallest absolute Gasteiger partial charge is 0.307 e. The van der Waals surface area contributed by atoms with Crippen LogP contribution in [0.15, 0.2) is 24.3 Å². The number of hydrogen-bond acceptors (Lipinski definition) is 2. The van der Waals surface area contributed by atoms with Crippen LogP contribution in [0, 0.1) is 0 Å². The van der Waals surface area contributed by atoms with Gasteiger partial charge in [-0.05, 0) is 30.9 Å². The van der Waals surface area contributed by atoms with Gasteiger partial charge in [-0.3, -0.25) is 4.79 Å². The van der Waals surface area contributed by atoms with Gasteiger partial charge in [0, 0.05) is 5.38 Å². The lowest BCUT2D eigenvalue weighted by Gasteiger charge is -2.09. The third-order valence-electron chi connectivity index (χ3n) is 2.58. The lowest BCUT2D eigenvalue weighted by Crippen LogP contribution is -2.13. The molecule has 0 saturated carbocycles. The fourth-order valence-electron chi connectivity index (χ4n) is 1.64. The second-order valence-corrected chi connectivity index (χ2v) is 4.60. The molecule has 0 radical (unpaired) electrons. The van der Waals surface area contributed by atoms with Gasteiger partial charge in [0.25, 0.3) is 0 Å². The van der Waals surface area contributed by atoms with Gasteiger partial charge in [-0.2, -0.15) is 0 Å². The van der Waals surface area contributed by atoms with Gasteiger partial charge in [0.1, 0.15) is 0 Å². The van der Waals surface area contributed by atoms with Crippen molar-refractivity contribution >= 4 is 17.6 Å². The highest BCUT2D eigenvalue weighted by Gasteiger charge is 2.12. The summed E-state index contributed by atoms with van der Waals surface area (Å²) in [6.07, 6.45) is 2.00. The molecule has 0 saturated heterocycles. The average Bonchev–Trinajstić information content (AvgIpc) is 2.30. The summed E-state index contributed by atoms with van der Waals surface area (Å²) in [5, 5.41) is -0.193. The summed E-state index contributed by atoms with van der Waals surface area (Å²) in [5.74, 6) is -0.224. The minimum Gasteiger partial charge on any atom is -0.466 e. The third-order valence-corrected chi connectivity index (χ3v) is 2.89. The Morgan fingerprint density at radius 3 is 2.35 bits per heavy atom. The fourth-order valence-corrected chi connectivity index (χ4v) is 1.94. The van der Waals surface area contributed by atoms with E-state index in [0.29, 0.717) is 13.0 Å². The molecular weight excluding hydrogens is 236 g/mol. The molecule has 94 valence electrons. The third kappa shape index (κ3) is 5.22. The van der Waals surface area contributed by atoms with E-state index < -0.39 is 0 Å². The summed E-state index contributed by atoms with van der Waals surface area (Å²) in [4.78, 5) is 11.2. The molecule has 1 rings (SSSR count). The molecule has 1 aromatic rings. The molecule has 17 heavy (non-hydrogen) atoms. The molecule has 0 aromatic heterocycles. The number of carbonyl (C=O) groups excluding carboxylic acids is 1. The molecule has 0 aliphatic heterocycles. The first kappa shape index (κ1) is 14.0. The Balaban J connectivity index is 2.44. The van der Waals surface area contributed by atoms with Gasteiger partial charge in [-0.25, -0.2) is 0 Å². The van der Waals surface area contributed by atoms with Crippen LogP contribution in [-0.4, -0.2) is 18.0 Å². The van der Waals surface area contributed by atoms with E-state index in [1.807, 2.05) is 0 Å². The van der Waals surface area contributed by atoms with Gasteiger partial charge < -0.3 is 4.74 Å². The molecule has 0 bridgehead atoms. The molecular formula is C14H19ClO2. The molecule has 2 nitrogen and oxygen atoms in total. The maximum absolute atomic E-state index is 11.2. The minimum atomic E-state index is -0.224. The summed E-state index contributed by atoms with van der Waals surface area (Å²) in [5.41, 5.74) is 2.47. The first-order valence-electron chi connectivity index (χ1n) is 6.03. The topological polar surface area (TPSA) is 26.3 Å². The van der Waals surface area contributed by atoms with E-state index >= 15 is 0 Å². The fraction of sp³-hybridized carbons (Fsp3) is 0.500. The van der Waals surface area contributed by atoms with Crippen molar-refractivity contribution in [3.8, 4) is 0 Å². The Morgan fingerprint density at radius 1 is 1.24 bits per heavy atom. The van der Waals surface area contributed by atoms with Crippen LogP contribution < -0.4 is 0 Å². The van der Waals surface area contributed by atoms with Crippen LogP contribution in [0.1, 0.15) is 31.4 Å². The van der Waals surface area contributed by atoms with E-state index in [0.717, 1.165) is 12.0 Å². The molecule has 0 amide bonds. The van der Waals surface area contributed by atoms with Crippen LogP contribution in [-0.2, 0) is 22.4 Å². The first-order chi connectivity index (χ1) is 8.15. The molecule has 1 aromatic carbocycles. The number of esters is 1. The Bertz CT molecular complexity index is 346. The van der Waals surface area contributed by atoms with E-state index in [1.165, 1.54) is 5.56 Å². The normalized spacial score (nSPS) is 12.2. The van der Waals surface area contributed by atoms with Gasteiger partial charge in [0.15, 0.2) is 0 Å². The summed E-state index contributed by atoms with van der Waals surface area (Å²) in [6.45, 7) is 4.33. The predicted octanol–water partition coefficient (Wildman–Crippen LogP) is 3.35. The second-order valence-electron chi connectivity index (χ2n) is 3.98. The van der Waals surface area contributed by atoms with Crippen molar-refractivity contribution in [3.05, 3.63) is 35.4 Å². The van der Waals surface area contributed by atoms with E-state index in [2.05, 4.69) is 31.2 Å². The number of alkyl halides is 1. The van der Waals surface area contributed by atoms with Crippen molar-refractivity contribution < 1.29 is 9.53 Å². The van der Waals surface area contributed by atoms with Gasteiger partial charge in [0.05, 0.1) is 13.0 Å². The molecule has 0 N–H and O–H groups in total. The number of rotatable bonds is 6. The van der Waals surface area contributed by atoms with Crippen LogP contribution in [0.5, 0.6) is 0 Å². The lowest BCUT2D eigenvalue weighted by molar-refractivity contribution is -0.143. The van der Waals surface area contributed by atoms with Crippen molar-refractivity contribution in [2.24, 2.45) is 0 Å². The molecule has 0 heterocycles. The van der Waals surface area contributed by atoms with Crippen molar-refractivity contribution in [1.29, 1.82) is 0 Å². The zero-order valence-electron chi connectivity index (χ0n) is 10.4. The molecule has 0 aliphatic carbocycles. The van der Waals surface area contributed by atoms with E-state index in [9.17, 15) is 4.79 Å². The molecule has 0 spiro atoms. The van der Waals surface area contributed by atoms with Gasteiger partial charge in [-0.15, -0.1) is 11.6 Å². The molecule has 0 fully saturated rings.